The van der Waals surface area contributed by atoms with Crippen LogP contribution in [0.4, 0.5) is 0 Å². The first-order valence-corrected chi connectivity index (χ1v) is 7.41. The van der Waals surface area contributed by atoms with E-state index in [1.807, 2.05) is 17.9 Å². The molecule has 1 aliphatic carbocycles. The average Bonchev–Trinajstić information content (AvgIpc) is 3.11. The Hall–Kier alpha value is -0.940. The number of aromatic nitrogens is 1. The van der Waals surface area contributed by atoms with Gasteiger partial charge < -0.3 is 4.90 Å². The van der Waals surface area contributed by atoms with Crippen LogP contribution in [0.2, 0.25) is 0 Å². The fraction of sp³-hybridized carbons (Fsp3) is 0.692. The highest BCUT2D eigenvalue weighted by atomic mass is 32.1. The molecular formula is C13H19N3OS. The molecule has 18 heavy (non-hydrogen) atoms. The fourth-order valence-electron chi connectivity index (χ4n) is 2.67. The van der Waals surface area contributed by atoms with Gasteiger partial charge in [0.2, 0.25) is 0 Å². The van der Waals surface area contributed by atoms with Crippen molar-refractivity contribution in [1.82, 2.24) is 14.2 Å². The minimum atomic E-state index is 0.0993. The first kappa shape index (κ1) is 12.1. The Morgan fingerprint density at radius 3 is 2.78 bits per heavy atom. The van der Waals surface area contributed by atoms with Gasteiger partial charge in [-0.2, -0.15) is 4.37 Å². The predicted octanol–water partition coefficient (Wildman–Crippen LogP) is 1.76. The molecule has 4 nitrogen and oxygen atoms in total. The lowest BCUT2D eigenvalue weighted by Crippen LogP contribution is -2.54. The lowest BCUT2D eigenvalue weighted by Gasteiger charge is -2.39. The molecular weight excluding hydrogens is 246 g/mol. The molecule has 1 aromatic heterocycles. The molecule has 0 N–H and O–H groups in total. The van der Waals surface area contributed by atoms with Crippen molar-refractivity contribution in [2.45, 2.75) is 38.8 Å². The maximum atomic E-state index is 12.4. The lowest BCUT2D eigenvalue weighted by atomic mass is 10.1. The van der Waals surface area contributed by atoms with E-state index in [4.69, 9.17) is 0 Å². The minimum Gasteiger partial charge on any atom is -0.332 e. The van der Waals surface area contributed by atoms with Gasteiger partial charge in [0.15, 0.2) is 0 Å². The number of aryl methyl sites for hydroxylation is 1. The normalized spacial score (nSPS) is 25.4. The third kappa shape index (κ3) is 2.29. The summed E-state index contributed by atoms with van der Waals surface area (Å²) in [5, 5.41) is 0. The van der Waals surface area contributed by atoms with Crippen LogP contribution in [0.1, 0.15) is 35.1 Å². The molecule has 0 spiro atoms. The molecule has 2 heterocycles. The number of rotatable bonds is 2. The predicted molar refractivity (Wildman–Crippen MR) is 71.9 cm³/mol. The molecule has 5 heteroatoms. The molecule has 1 saturated heterocycles. The maximum Gasteiger partial charge on any atom is 0.273 e. The van der Waals surface area contributed by atoms with Crippen molar-refractivity contribution in [3.63, 3.8) is 0 Å². The van der Waals surface area contributed by atoms with Crippen LogP contribution in [0.25, 0.3) is 0 Å². The van der Waals surface area contributed by atoms with E-state index in [1.54, 1.807) is 0 Å². The maximum absolute atomic E-state index is 12.4. The summed E-state index contributed by atoms with van der Waals surface area (Å²) in [7, 11) is 0. The van der Waals surface area contributed by atoms with Gasteiger partial charge in [-0.3, -0.25) is 9.69 Å². The summed E-state index contributed by atoms with van der Waals surface area (Å²) in [4.78, 5) is 18.0. The zero-order valence-corrected chi connectivity index (χ0v) is 11.7. The van der Waals surface area contributed by atoms with E-state index in [-0.39, 0.29) is 5.91 Å². The Balaban J connectivity index is 1.67. The molecule has 0 radical (unpaired) electrons. The number of hydrogen-bond donors (Lipinski definition) is 0. The van der Waals surface area contributed by atoms with E-state index in [0.717, 1.165) is 30.6 Å². The molecule has 1 aromatic rings. The van der Waals surface area contributed by atoms with E-state index in [0.29, 0.717) is 11.7 Å². The largest absolute Gasteiger partial charge is 0.332 e. The van der Waals surface area contributed by atoms with Crippen molar-refractivity contribution >= 4 is 17.4 Å². The molecule has 3 rings (SSSR count). The van der Waals surface area contributed by atoms with E-state index in [1.165, 1.54) is 24.4 Å². The second-order valence-corrected chi connectivity index (χ2v) is 6.41. The third-order valence-corrected chi connectivity index (χ3v) is 4.52. The summed E-state index contributed by atoms with van der Waals surface area (Å²) in [6, 6.07) is 2.99. The Morgan fingerprint density at radius 2 is 2.22 bits per heavy atom. The van der Waals surface area contributed by atoms with Crippen molar-refractivity contribution in [3.05, 3.63) is 16.6 Å². The smallest absolute Gasteiger partial charge is 0.273 e. The number of carbonyl (C=O) groups excluding carboxylic acids is 1. The molecule has 2 fully saturated rings. The molecule has 0 aromatic carbocycles. The second kappa shape index (κ2) is 4.63. The highest BCUT2D eigenvalue weighted by Gasteiger charge is 2.35. The summed E-state index contributed by atoms with van der Waals surface area (Å²) in [5.74, 6) is 0.0993. The van der Waals surface area contributed by atoms with Crippen molar-refractivity contribution in [1.29, 1.82) is 0 Å². The number of carbonyl (C=O) groups is 1. The molecule has 1 saturated carbocycles. The third-order valence-electron chi connectivity index (χ3n) is 3.83. The Labute approximate surface area is 112 Å². The van der Waals surface area contributed by atoms with Gasteiger partial charge in [-0.1, -0.05) is 0 Å². The lowest BCUT2D eigenvalue weighted by molar-refractivity contribution is 0.0469. The molecule has 1 aliphatic heterocycles. The van der Waals surface area contributed by atoms with Gasteiger partial charge >= 0.3 is 0 Å². The summed E-state index contributed by atoms with van der Waals surface area (Å²) in [6.07, 6.45) is 2.68. The molecule has 1 amide bonds. The van der Waals surface area contributed by atoms with E-state index in [9.17, 15) is 4.79 Å². The summed E-state index contributed by atoms with van der Waals surface area (Å²) >= 11 is 1.41. The van der Waals surface area contributed by atoms with Gasteiger partial charge in [0, 0.05) is 36.6 Å². The molecule has 98 valence electrons. The Kier molecular flexibility index (Phi) is 3.11. The summed E-state index contributed by atoms with van der Waals surface area (Å²) < 4.78 is 4.23. The van der Waals surface area contributed by atoms with Gasteiger partial charge in [-0.15, -0.1) is 0 Å². The molecule has 1 atom stereocenters. The fourth-order valence-corrected chi connectivity index (χ4v) is 3.21. The second-order valence-electron chi connectivity index (χ2n) is 5.40. The van der Waals surface area contributed by atoms with Crippen LogP contribution in [0.5, 0.6) is 0 Å². The van der Waals surface area contributed by atoms with E-state index < -0.39 is 0 Å². The topological polar surface area (TPSA) is 36.4 Å². The van der Waals surface area contributed by atoms with Crippen LogP contribution in [-0.4, -0.2) is 51.8 Å². The van der Waals surface area contributed by atoms with Crippen molar-refractivity contribution in [2.24, 2.45) is 0 Å². The minimum absolute atomic E-state index is 0.0993. The zero-order chi connectivity index (χ0) is 12.7. The number of amides is 1. The van der Waals surface area contributed by atoms with Gasteiger partial charge in [0.1, 0.15) is 5.69 Å². The van der Waals surface area contributed by atoms with Crippen LogP contribution in [0, 0.1) is 6.92 Å². The standard InChI is InChI=1S/C13H19N3OS/c1-9-8-15(11-3-4-11)5-6-16(9)13(17)12-7-10(2)18-14-12/h7,9,11H,3-6,8H2,1-2H3. The molecule has 2 aliphatic rings. The van der Waals surface area contributed by atoms with Crippen LogP contribution < -0.4 is 0 Å². The zero-order valence-electron chi connectivity index (χ0n) is 10.9. The van der Waals surface area contributed by atoms with Crippen LogP contribution in [0.15, 0.2) is 6.07 Å². The molecule has 1 unspecified atom stereocenters. The summed E-state index contributed by atoms with van der Waals surface area (Å²) in [6.45, 7) is 7.00. The van der Waals surface area contributed by atoms with Gasteiger partial charge in [-0.05, 0) is 44.3 Å². The quantitative estimate of drug-likeness (QED) is 0.817. The monoisotopic (exact) mass is 265 g/mol. The van der Waals surface area contributed by atoms with Crippen LogP contribution in [-0.2, 0) is 0 Å². The summed E-state index contributed by atoms with van der Waals surface area (Å²) in [5.41, 5.74) is 0.615. The molecule has 0 bridgehead atoms. The highest BCUT2D eigenvalue weighted by Crippen LogP contribution is 2.29. The SMILES string of the molecule is Cc1cc(C(=O)N2CCN(C3CC3)CC2C)ns1. The van der Waals surface area contributed by atoms with E-state index >= 15 is 0 Å². The van der Waals surface area contributed by atoms with Crippen molar-refractivity contribution in [3.8, 4) is 0 Å². The van der Waals surface area contributed by atoms with Crippen molar-refractivity contribution < 1.29 is 4.79 Å². The average molecular weight is 265 g/mol. The number of hydrogen-bond acceptors (Lipinski definition) is 4. The van der Waals surface area contributed by atoms with E-state index in [2.05, 4.69) is 16.2 Å². The number of piperazine rings is 1. The van der Waals surface area contributed by atoms with Crippen LogP contribution in [0.3, 0.4) is 0 Å². The first-order chi connectivity index (χ1) is 8.65. The van der Waals surface area contributed by atoms with Gasteiger partial charge in [0.25, 0.3) is 5.91 Å². The van der Waals surface area contributed by atoms with Gasteiger partial charge in [0.05, 0.1) is 0 Å². The highest BCUT2D eigenvalue weighted by molar-refractivity contribution is 7.05. The van der Waals surface area contributed by atoms with Crippen molar-refractivity contribution in [2.75, 3.05) is 19.6 Å². The van der Waals surface area contributed by atoms with Gasteiger partial charge in [-0.25, -0.2) is 0 Å². The number of nitrogens with zero attached hydrogens (tertiary/aromatic N) is 3. The Bertz CT molecular complexity index is 455. The Morgan fingerprint density at radius 1 is 1.44 bits per heavy atom. The van der Waals surface area contributed by atoms with Crippen LogP contribution >= 0.6 is 11.5 Å². The first-order valence-electron chi connectivity index (χ1n) is 6.63.